The zero-order chi connectivity index (χ0) is 14.7. The molecule has 1 saturated heterocycles. The first-order valence-electron chi connectivity index (χ1n) is 7.79. The van der Waals surface area contributed by atoms with E-state index in [4.69, 9.17) is 0 Å². The Kier molecular flexibility index (Phi) is 4.36. The van der Waals surface area contributed by atoms with Gasteiger partial charge in [-0.3, -0.25) is 5.10 Å². The highest BCUT2D eigenvalue weighted by atomic mass is 16.3. The smallest absolute Gasteiger partial charge is 0.0979 e. The first kappa shape index (κ1) is 14.3. The molecule has 3 rings (SSSR count). The van der Waals surface area contributed by atoms with E-state index >= 15 is 0 Å². The molecule has 3 unspecified atom stereocenters. The second-order valence-corrected chi connectivity index (χ2v) is 5.87. The zero-order valence-corrected chi connectivity index (χ0v) is 12.4. The Morgan fingerprint density at radius 3 is 2.90 bits per heavy atom. The third-order valence-corrected chi connectivity index (χ3v) is 4.55. The van der Waals surface area contributed by atoms with Gasteiger partial charge >= 0.3 is 0 Å². The van der Waals surface area contributed by atoms with Crippen LogP contribution >= 0.6 is 0 Å². The fourth-order valence-electron chi connectivity index (χ4n) is 3.22. The fraction of sp³-hybridized carbons (Fsp3) is 0.471. The molecule has 0 bridgehead atoms. The largest absolute Gasteiger partial charge is 0.387 e. The van der Waals surface area contributed by atoms with Crippen LogP contribution < -0.4 is 5.32 Å². The van der Waals surface area contributed by atoms with Gasteiger partial charge in [0.25, 0.3) is 0 Å². The van der Waals surface area contributed by atoms with Crippen LogP contribution in [0.1, 0.15) is 37.9 Å². The molecule has 1 aliphatic heterocycles. The topological polar surface area (TPSA) is 60.9 Å². The van der Waals surface area contributed by atoms with Crippen LogP contribution in [0, 0.1) is 5.92 Å². The van der Waals surface area contributed by atoms with Gasteiger partial charge in [0.05, 0.1) is 18.0 Å². The Labute approximate surface area is 125 Å². The Morgan fingerprint density at radius 2 is 2.14 bits per heavy atom. The van der Waals surface area contributed by atoms with Gasteiger partial charge in [-0.25, -0.2) is 0 Å². The molecule has 2 heterocycles. The summed E-state index contributed by atoms with van der Waals surface area (Å²) in [6.07, 6.45) is 4.65. The number of piperidine rings is 1. The number of hydrogen-bond donors (Lipinski definition) is 3. The van der Waals surface area contributed by atoms with Crippen molar-refractivity contribution in [2.24, 2.45) is 5.92 Å². The second kappa shape index (κ2) is 6.41. The summed E-state index contributed by atoms with van der Waals surface area (Å²) < 4.78 is 0. The van der Waals surface area contributed by atoms with Gasteiger partial charge in [0.1, 0.15) is 0 Å². The highest BCUT2D eigenvalue weighted by Crippen LogP contribution is 2.32. The molecule has 1 aromatic heterocycles. The molecule has 4 heteroatoms. The number of aromatic nitrogens is 2. The minimum absolute atomic E-state index is 0.115. The zero-order valence-electron chi connectivity index (χ0n) is 12.4. The Morgan fingerprint density at radius 1 is 1.33 bits per heavy atom. The number of aromatic amines is 1. The number of rotatable bonds is 4. The highest BCUT2D eigenvalue weighted by molar-refractivity contribution is 5.63. The van der Waals surface area contributed by atoms with E-state index in [2.05, 4.69) is 22.4 Å². The van der Waals surface area contributed by atoms with E-state index in [0.29, 0.717) is 5.92 Å². The normalized spacial score (nSPS) is 23.9. The third-order valence-electron chi connectivity index (χ3n) is 4.55. The van der Waals surface area contributed by atoms with Crippen LogP contribution in [0.25, 0.3) is 11.3 Å². The first-order chi connectivity index (χ1) is 10.3. The molecule has 0 amide bonds. The van der Waals surface area contributed by atoms with Crippen LogP contribution in [0.15, 0.2) is 36.5 Å². The minimum atomic E-state index is -0.520. The van der Waals surface area contributed by atoms with Crippen LogP contribution in [0.5, 0.6) is 0 Å². The number of nitrogens with zero attached hydrogens (tertiary/aromatic N) is 1. The van der Waals surface area contributed by atoms with E-state index in [1.807, 2.05) is 30.3 Å². The monoisotopic (exact) mass is 285 g/mol. The van der Waals surface area contributed by atoms with E-state index in [-0.39, 0.29) is 6.04 Å². The summed E-state index contributed by atoms with van der Waals surface area (Å²) in [5, 5.41) is 21.4. The maximum absolute atomic E-state index is 10.8. The molecule has 4 nitrogen and oxygen atoms in total. The van der Waals surface area contributed by atoms with Gasteiger partial charge < -0.3 is 10.4 Å². The fourth-order valence-corrected chi connectivity index (χ4v) is 3.22. The Balaban J connectivity index is 1.82. The number of aliphatic hydroxyl groups is 1. The molecule has 112 valence electrons. The van der Waals surface area contributed by atoms with Crippen LogP contribution in [-0.2, 0) is 0 Å². The number of H-pyrrole nitrogens is 1. The predicted molar refractivity (Wildman–Crippen MR) is 83.8 cm³/mol. The summed E-state index contributed by atoms with van der Waals surface area (Å²) in [6, 6.07) is 10.2. The number of benzene rings is 1. The van der Waals surface area contributed by atoms with Crippen LogP contribution in [0.3, 0.4) is 0 Å². The third kappa shape index (κ3) is 3.01. The maximum Gasteiger partial charge on any atom is 0.0979 e. The van der Waals surface area contributed by atoms with E-state index < -0.39 is 6.10 Å². The van der Waals surface area contributed by atoms with E-state index in [0.717, 1.165) is 29.8 Å². The molecular weight excluding hydrogens is 262 g/mol. The van der Waals surface area contributed by atoms with Gasteiger partial charge in [-0.2, -0.15) is 5.10 Å². The summed E-state index contributed by atoms with van der Waals surface area (Å²) in [5.74, 6) is 0.706. The van der Waals surface area contributed by atoms with Crippen molar-refractivity contribution in [3.63, 3.8) is 0 Å². The van der Waals surface area contributed by atoms with Crippen molar-refractivity contribution in [3.8, 4) is 11.3 Å². The van der Waals surface area contributed by atoms with Crippen molar-refractivity contribution in [2.45, 2.75) is 38.3 Å². The average molecular weight is 285 g/mol. The molecule has 3 atom stereocenters. The highest BCUT2D eigenvalue weighted by Gasteiger charge is 2.29. The maximum atomic E-state index is 10.8. The molecule has 2 aromatic rings. The molecule has 1 aromatic carbocycles. The van der Waals surface area contributed by atoms with Crippen molar-refractivity contribution < 1.29 is 5.11 Å². The van der Waals surface area contributed by atoms with E-state index in [9.17, 15) is 5.11 Å². The molecule has 0 radical (unpaired) electrons. The lowest BCUT2D eigenvalue weighted by Gasteiger charge is -2.33. The standard InChI is InChI=1S/C17H23N3O/c1-2-12-8-9-18-15(10-12)17(21)14-11-19-20-16(14)13-6-4-3-5-7-13/h3-7,11-12,15,17-18,21H,2,8-10H2,1H3,(H,19,20). The molecule has 0 spiro atoms. The van der Waals surface area contributed by atoms with Crippen molar-refractivity contribution in [1.29, 1.82) is 0 Å². The average Bonchev–Trinajstić information content (AvgIpc) is 3.04. The van der Waals surface area contributed by atoms with Crippen LogP contribution in [0.4, 0.5) is 0 Å². The molecule has 3 N–H and O–H groups in total. The number of nitrogens with one attached hydrogen (secondary N) is 2. The number of aliphatic hydroxyl groups excluding tert-OH is 1. The van der Waals surface area contributed by atoms with Gasteiger partial charge in [0.15, 0.2) is 0 Å². The minimum Gasteiger partial charge on any atom is -0.387 e. The molecule has 0 saturated carbocycles. The molecule has 21 heavy (non-hydrogen) atoms. The van der Waals surface area contributed by atoms with Gasteiger partial charge in [-0.1, -0.05) is 43.7 Å². The van der Waals surface area contributed by atoms with Gasteiger partial charge in [-0.05, 0) is 30.9 Å². The number of hydrogen-bond acceptors (Lipinski definition) is 3. The molecular formula is C17H23N3O. The summed E-state index contributed by atoms with van der Waals surface area (Å²) in [7, 11) is 0. The van der Waals surface area contributed by atoms with Gasteiger partial charge in [0.2, 0.25) is 0 Å². The van der Waals surface area contributed by atoms with E-state index in [1.54, 1.807) is 6.20 Å². The lowest BCUT2D eigenvalue weighted by Crippen LogP contribution is -2.42. The van der Waals surface area contributed by atoms with Crippen molar-refractivity contribution in [1.82, 2.24) is 15.5 Å². The molecule has 0 aliphatic carbocycles. The summed E-state index contributed by atoms with van der Waals surface area (Å²) >= 11 is 0. The van der Waals surface area contributed by atoms with Crippen LogP contribution in [0.2, 0.25) is 0 Å². The van der Waals surface area contributed by atoms with Gasteiger partial charge in [-0.15, -0.1) is 0 Å². The molecule has 1 aliphatic rings. The Hall–Kier alpha value is -1.65. The SMILES string of the molecule is CCC1CCNC(C(O)c2cn[nH]c2-c2ccccc2)C1. The van der Waals surface area contributed by atoms with Crippen molar-refractivity contribution in [2.75, 3.05) is 6.54 Å². The summed E-state index contributed by atoms with van der Waals surface area (Å²) in [6.45, 7) is 3.21. The quantitative estimate of drug-likeness (QED) is 0.809. The summed E-state index contributed by atoms with van der Waals surface area (Å²) in [4.78, 5) is 0. The summed E-state index contributed by atoms with van der Waals surface area (Å²) in [5.41, 5.74) is 2.87. The first-order valence-corrected chi connectivity index (χ1v) is 7.79. The molecule has 1 fully saturated rings. The second-order valence-electron chi connectivity index (χ2n) is 5.87. The van der Waals surface area contributed by atoms with Gasteiger partial charge in [0, 0.05) is 11.6 Å². The predicted octanol–water partition coefficient (Wildman–Crippen LogP) is 2.89. The van der Waals surface area contributed by atoms with E-state index in [1.165, 1.54) is 12.8 Å². The van der Waals surface area contributed by atoms with Crippen molar-refractivity contribution >= 4 is 0 Å². The lowest BCUT2D eigenvalue weighted by molar-refractivity contribution is 0.0983. The lowest BCUT2D eigenvalue weighted by atomic mass is 9.86. The van der Waals surface area contributed by atoms with Crippen LogP contribution in [-0.4, -0.2) is 27.9 Å². The Bertz CT molecular complexity index is 566. The van der Waals surface area contributed by atoms with Crippen molar-refractivity contribution in [3.05, 3.63) is 42.1 Å².